The monoisotopic (exact) mass is 267 g/mol. The van der Waals surface area contributed by atoms with Crippen LogP contribution in [-0.2, 0) is 6.42 Å². The van der Waals surface area contributed by atoms with Crippen molar-refractivity contribution in [1.29, 1.82) is 0 Å². The van der Waals surface area contributed by atoms with Gasteiger partial charge in [0.2, 0.25) is 5.89 Å². The van der Waals surface area contributed by atoms with Gasteiger partial charge in [-0.1, -0.05) is 6.92 Å². The van der Waals surface area contributed by atoms with E-state index in [2.05, 4.69) is 22.4 Å². The van der Waals surface area contributed by atoms with E-state index < -0.39 is 11.6 Å². The van der Waals surface area contributed by atoms with Gasteiger partial charge in [0.15, 0.2) is 0 Å². The molecule has 4 nitrogen and oxygen atoms in total. The Morgan fingerprint density at radius 1 is 1.21 bits per heavy atom. The van der Waals surface area contributed by atoms with Crippen molar-refractivity contribution in [3.8, 4) is 11.5 Å². The predicted octanol–water partition coefficient (Wildman–Crippen LogP) is 2.56. The first kappa shape index (κ1) is 13.6. The molecule has 0 radical (unpaired) electrons. The zero-order valence-electron chi connectivity index (χ0n) is 10.6. The number of hydrogen-bond donors (Lipinski definition) is 1. The smallest absolute Gasteiger partial charge is 0.250 e. The van der Waals surface area contributed by atoms with Crippen molar-refractivity contribution in [1.82, 2.24) is 15.5 Å². The molecule has 0 saturated heterocycles. The standard InChI is InChI=1S/C13H15F2N3O/c1-2-6-16-7-5-12-17-18-13(19-12)10-8-9(14)3-4-11(10)15/h3-4,8,16H,2,5-7H2,1H3. The van der Waals surface area contributed by atoms with Gasteiger partial charge < -0.3 is 9.73 Å². The second-order valence-corrected chi connectivity index (χ2v) is 4.13. The molecule has 1 N–H and O–H groups in total. The lowest BCUT2D eigenvalue weighted by Gasteiger charge is -1.99. The highest BCUT2D eigenvalue weighted by Crippen LogP contribution is 2.22. The predicted molar refractivity (Wildman–Crippen MR) is 66.5 cm³/mol. The summed E-state index contributed by atoms with van der Waals surface area (Å²) in [7, 11) is 0. The van der Waals surface area contributed by atoms with E-state index in [-0.39, 0.29) is 11.5 Å². The molecule has 1 aromatic carbocycles. The summed E-state index contributed by atoms with van der Waals surface area (Å²) in [5, 5.41) is 10.7. The first-order chi connectivity index (χ1) is 9.20. The summed E-state index contributed by atoms with van der Waals surface area (Å²) >= 11 is 0. The Labute approximate surface area is 109 Å². The Bertz CT molecular complexity index is 542. The molecule has 19 heavy (non-hydrogen) atoms. The molecular weight excluding hydrogens is 252 g/mol. The molecule has 0 aliphatic rings. The Morgan fingerprint density at radius 2 is 2.05 bits per heavy atom. The van der Waals surface area contributed by atoms with E-state index in [0.29, 0.717) is 18.9 Å². The third-order valence-corrected chi connectivity index (χ3v) is 2.57. The van der Waals surface area contributed by atoms with Crippen molar-refractivity contribution in [3.63, 3.8) is 0 Å². The van der Waals surface area contributed by atoms with Gasteiger partial charge in [-0.3, -0.25) is 0 Å². The van der Waals surface area contributed by atoms with Gasteiger partial charge in [0.25, 0.3) is 5.89 Å². The zero-order chi connectivity index (χ0) is 13.7. The first-order valence-corrected chi connectivity index (χ1v) is 6.19. The summed E-state index contributed by atoms with van der Waals surface area (Å²) < 4.78 is 31.9. The number of benzene rings is 1. The number of nitrogens with zero attached hydrogens (tertiary/aromatic N) is 2. The molecule has 0 unspecified atom stereocenters. The molecule has 0 bridgehead atoms. The van der Waals surface area contributed by atoms with E-state index in [1.807, 2.05) is 0 Å². The lowest BCUT2D eigenvalue weighted by atomic mass is 10.2. The van der Waals surface area contributed by atoms with Gasteiger partial charge in [0.1, 0.15) is 11.6 Å². The van der Waals surface area contributed by atoms with Gasteiger partial charge in [0, 0.05) is 13.0 Å². The quantitative estimate of drug-likeness (QED) is 0.817. The van der Waals surface area contributed by atoms with Crippen LogP contribution in [0.1, 0.15) is 19.2 Å². The second-order valence-electron chi connectivity index (χ2n) is 4.13. The molecular formula is C13H15F2N3O. The minimum absolute atomic E-state index is 0.00231. The number of hydrogen-bond acceptors (Lipinski definition) is 4. The maximum absolute atomic E-state index is 13.5. The highest BCUT2D eigenvalue weighted by molar-refractivity contribution is 5.53. The first-order valence-electron chi connectivity index (χ1n) is 6.19. The van der Waals surface area contributed by atoms with Crippen LogP contribution in [0.3, 0.4) is 0 Å². The highest BCUT2D eigenvalue weighted by Gasteiger charge is 2.13. The lowest BCUT2D eigenvalue weighted by molar-refractivity contribution is 0.490. The summed E-state index contributed by atoms with van der Waals surface area (Å²) in [6.45, 7) is 3.70. The van der Waals surface area contributed by atoms with Crippen LogP contribution in [0.5, 0.6) is 0 Å². The van der Waals surface area contributed by atoms with Crippen molar-refractivity contribution in [3.05, 3.63) is 35.7 Å². The van der Waals surface area contributed by atoms with Gasteiger partial charge in [0.05, 0.1) is 5.56 Å². The fourth-order valence-electron chi connectivity index (χ4n) is 1.62. The van der Waals surface area contributed by atoms with Crippen LogP contribution in [0.2, 0.25) is 0 Å². The molecule has 0 atom stereocenters. The summed E-state index contributed by atoms with van der Waals surface area (Å²) in [4.78, 5) is 0. The van der Waals surface area contributed by atoms with Crippen molar-refractivity contribution < 1.29 is 13.2 Å². The molecule has 1 heterocycles. The van der Waals surface area contributed by atoms with Crippen molar-refractivity contribution >= 4 is 0 Å². The third-order valence-electron chi connectivity index (χ3n) is 2.57. The van der Waals surface area contributed by atoms with Crippen molar-refractivity contribution in [2.45, 2.75) is 19.8 Å². The minimum atomic E-state index is -0.583. The number of rotatable bonds is 6. The maximum atomic E-state index is 13.5. The van der Waals surface area contributed by atoms with E-state index in [0.717, 1.165) is 31.2 Å². The molecule has 0 aliphatic carbocycles. The van der Waals surface area contributed by atoms with E-state index in [1.54, 1.807) is 0 Å². The van der Waals surface area contributed by atoms with E-state index in [1.165, 1.54) is 0 Å². The van der Waals surface area contributed by atoms with E-state index in [4.69, 9.17) is 4.42 Å². The average molecular weight is 267 g/mol. The van der Waals surface area contributed by atoms with E-state index >= 15 is 0 Å². The highest BCUT2D eigenvalue weighted by atomic mass is 19.1. The molecule has 0 saturated carbocycles. The Balaban J connectivity index is 2.06. The molecule has 0 aliphatic heterocycles. The SMILES string of the molecule is CCCNCCc1nnc(-c2cc(F)ccc2F)o1. The molecule has 2 aromatic rings. The van der Waals surface area contributed by atoms with Crippen molar-refractivity contribution in [2.24, 2.45) is 0 Å². The maximum Gasteiger partial charge on any atom is 0.250 e. The van der Waals surface area contributed by atoms with Crippen molar-refractivity contribution in [2.75, 3.05) is 13.1 Å². The Hall–Kier alpha value is -1.82. The zero-order valence-corrected chi connectivity index (χ0v) is 10.6. The Kier molecular flexibility index (Phi) is 4.57. The van der Waals surface area contributed by atoms with Crippen LogP contribution in [0.25, 0.3) is 11.5 Å². The molecule has 0 spiro atoms. The molecule has 0 fully saturated rings. The summed E-state index contributed by atoms with van der Waals surface area (Å²) in [6.07, 6.45) is 1.60. The third kappa shape index (κ3) is 3.57. The largest absolute Gasteiger partial charge is 0.421 e. The molecule has 2 rings (SSSR count). The van der Waals surface area contributed by atoms with Crippen LogP contribution >= 0.6 is 0 Å². The minimum Gasteiger partial charge on any atom is -0.421 e. The fourth-order valence-corrected chi connectivity index (χ4v) is 1.62. The topological polar surface area (TPSA) is 51.0 Å². The number of nitrogens with one attached hydrogen (secondary N) is 1. The van der Waals surface area contributed by atoms with Gasteiger partial charge in [-0.15, -0.1) is 10.2 Å². The van der Waals surface area contributed by atoms with Crippen LogP contribution in [0, 0.1) is 11.6 Å². The van der Waals surface area contributed by atoms with Crippen LogP contribution < -0.4 is 5.32 Å². The summed E-state index contributed by atoms with van der Waals surface area (Å²) in [5.41, 5.74) is -0.0136. The summed E-state index contributed by atoms with van der Waals surface area (Å²) in [6, 6.07) is 3.13. The van der Waals surface area contributed by atoms with Crippen LogP contribution in [-0.4, -0.2) is 23.3 Å². The Morgan fingerprint density at radius 3 is 2.84 bits per heavy atom. The van der Waals surface area contributed by atoms with Gasteiger partial charge in [-0.25, -0.2) is 8.78 Å². The fraction of sp³-hybridized carbons (Fsp3) is 0.385. The van der Waals surface area contributed by atoms with Gasteiger partial charge >= 0.3 is 0 Å². The molecule has 0 amide bonds. The average Bonchev–Trinajstić information content (AvgIpc) is 2.86. The normalized spacial score (nSPS) is 10.9. The number of halogens is 2. The van der Waals surface area contributed by atoms with E-state index in [9.17, 15) is 8.78 Å². The molecule has 102 valence electrons. The van der Waals surface area contributed by atoms with Crippen LogP contribution in [0.15, 0.2) is 22.6 Å². The van der Waals surface area contributed by atoms with Crippen LogP contribution in [0.4, 0.5) is 8.78 Å². The molecule has 6 heteroatoms. The lowest BCUT2D eigenvalue weighted by Crippen LogP contribution is -2.17. The van der Waals surface area contributed by atoms with Gasteiger partial charge in [-0.05, 0) is 31.2 Å². The summed E-state index contributed by atoms with van der Waals surface area (Å²) in [5.74, 6) is -0.716. The number of aromatic nitrogens is 2. The molecule has 1 aromatic heterocycles. The van der Waals surface area contributed by atoms with Gasteiger partial charge in [-0.2, -0.15) is 0 Å². The second kappa shape index (κ2) is 6.38.